The molecule has 2 nitrogen and oxygen atoms in total. The van der Waals surface area contributed by atoms with Gasteiger partial charge in [0, 0.05) is 5.39 Å². The summed E-state index contributed by atoms with van der Waals surface area (Å²) in [5.74, 6) is 0.948. The Morgan fingerprint density at radius 1 is 1.16 bits per heavy atom. The third kappa shape index (κ3) is 3.74. The van der Waals surface area contributed by atoms with Crippen LogP contribution < -0.4 is 5.32 Å². The number of halogens is 1. The van der Waals surface area contributed by atoms with E-state index in [1.54, 1.807) is 6.26 Å². The lowest BCUT2D eigenvalue weighted by Gasteiger charge is -2.22. The fourth-order valence-electron chi connectivity index (χ4n) is 2.94. The van der Waals surface area contributed by atoms with E-state index < -0.39 is 0 Å². The summed E-state index contributed by atoms with van der Waals surface area (Å²) in [5, 5.41) is 4.66. The average molecular weight is 280 g/mol. The van der Waals surface area contributed by atoms with Crippen LogP contribution in [0.25, 0.3) is 11.0 Å². The van der Waals surface area contributed by atoms with Crippen molar-refractivity contribution in [1.82, 2.24) is 5.32 Å². The maximum Gasteiger partial charge on any atom is 0.133 e. The third-order valence-corrected chi connectivity index (χ3v) is 4.05. The van der Waals surface area contributed by atoms with E-state index in [9.17, 15) is 0 Å². The molecule has 1 fully saturated rings. The van der Waals surface area contributed by atoms with Gasteiger partial charge in [-0.1, -0.05) is 12.5 Å². The van der Waals surface area contributed by atoms with Crippen molar-refractivity contribution in [2.75, 3.05) is 13.1 Å². The minimum absolute atomic E-state index is 0. The number of furan rings is 1. The summed E-state index contributed by atoms with van der Waals surface area (Å²) in [6, 6.07) is 8.61. The number of hydrogen-bond acceptors (Lipinski definition) is 2. The number of piperidine rings is 1. The van der Waals surface area contributed by atoms with Crippen LogP contribution in [0.15, 0.2) is 34.9 Å². The van der Waals surface area contributed by atoms with Crippen molar-refractivity contribution < 1.29 is 4.42 Å². The molecule has 3 heteroatoms. The number of fused-ring (bicyclic) bond motifs is 1. The zero-order valence-corrected chi connectivity index (χ0v) is 12.0. The normalized spacial score (nSPS) is 16.4. The molecule has 2 heterocycles. The Morgan fingerprint density at radius 2 is 2.00 bits per heavy atom. The molecule has 0 radical (unpaired) electrons. The first-order valence-corrected chi connectivity index (χ1v) is 7.09. The Morgan fingerprint density at radius 3 is 2.84 bits per heavy atom. The Balaban J connectivity index is 0.00000133. The van der Waals surface area contributed by atoms with Gasteiger partial charge in [0.15, 0.2) is 0 Å². The zero-order valence-electron chi connectivity index (χ0n) is 11.2. The van der Waals surface area contributed by atoms with E-state index in [1.165, 1.54) is 56.1 Å². The Bertz CT molecular complexity index is 502. The van der Waals surface area contributed by atoms with Gasteiger partial charge in [-0.2, -0.15) is 0 Å². The molecule has 0 spiro atoms. The molecule has 2 aromatic rings. The van der Waals surface area contributed by atoms with Gasteiger partial charge in [-0.3, -0.25) is 0 Å². The first kappa shape index (κ1) is 14.4. The maximum atomic E-state index is 5.37. The largest absolute Gasteiger partial charge is 0.464 e. The predicted octanol–water partition coefficient (Wildman–Crippen LogP) is 4.18. The van der Waals surface area contributed by atoms with E-state index in [4.69, 9.17) is 4.42 Å². The molecule has 0 bridgehead atoms. The van der Waals surface area contributed by atoms with Crippen molar-refractivity contribution in [2.45, 2.75) is 32.1 Å². The average Bonchev–Trinajstić information content (AvgIpc) is 2.87. The second-order valence-corrected chi connectivity index (χ2v) is 5.38. The second kappa shape index (κ2) is 6.97. The van der Waals surface area contributed by atoms with Crippen molar-refractivity contribution in [3.63, 3.8) is 0 Å². The van der Waals surface area contributed by atoms with Gasteiger partial charge in [-0.15, -0.1) is 12.4 Å². The summed E-state index contributed by atoms with van der Waals surface area (Å²) in [4.78, 5) is 0. The summed E-state index contributed by atoms with van der Waals surface area (Å²) in [6.07, 6.45) is 8.38. The first-order valence-electron chi connectivity index (χ1n) is 7.09. The molecule has 1 N–H and O–H groups in total. The molecule has 0 atom stereocenters. The molecule has 19 heavy (non-hydrogen) atoms. The number of benzene rings is 1. The number of nitrogens with one attached hydrogen (secondary N) is 1. The zero-order chi connectivity index (χ0) is 12.2. The molecule has 104 valence electrons. The summed E-state index contributed by atoms with van der Waals surface area (Å²) in [6.45, 7) is 2.43. The smallest absolute Gasteiger partial charge is 0.133 e. The highest BCUT2D eigenvalue weighted by atomic mass is 35.5. The van der Waals surface area contributed by atoms with E-state index in [1.807, 2.05) is 6.07 Å². The Labute approximate surface area is 121 Å². The number of aryl methyl sites for hydroxylation is 1. The summed E-state index contributed by atoms with van der Waals surface area (Å²) in [5.41, 5.74) is 2.44. The van der Waals surface area contributed by atoms with Gasteiger partial charge in [-0.25, -0.2) is 0 Å². The molecule has 1 aromatic heterocycles. The molecule has 3 rings (SSSR count). The lowest BCUT2D eigenvalue weighted by atomic mass is 9.91. The molecule has 1 aromatic carbocycles. The van der Waals surface area contributed by atoms with Crippen LogP contribution in [0.3, 0.4) is 0 Å². The molecule has 1 aliphatic rings. The van der Waals surface area contributed by atoms with Crippen LogP contribution in [0.2, 0.25) is 0 Å². The molecule has 0 amide bonds. The third-order valence-electron chi connectivity index (χ3n) is 4.05. The van der Waals surface area contributed by atoms with Crippen LogP contribution in [0.5, 0.6) is 0 Å². The van der Waals surface area contributed by atoms with E-state index in [2.05, 4.69) is 23.5 Å². The van der Waals surface area contributed by atoms with E-state index in [0.29, 0.717) is 0 Å². The van der Waals surface area contributed by atoms with Gasteiger partial charge in [0.1, 0.15) is 5.58 Å². The Hall–Kier alpha value is -0.990. The first-order chi connectivity index (χ1) is 8.92. The molecule has 0 aliphatic carbocycles. The monoisotopic (exact) mass is 279 g/mol. The summed E-state index contributed by atoms with van der Waals surface area (Å²) >= 11 is 0. The number of hydrogen-bond donors (Lipinski definition) is 1. The topological polar surface area (TPSA) is 25.2 Å². The molecule has 1 saturated heterocycles. The fraction of sp³-hybridized carbons (Fsp3) is 0.500. The quantitative estimate of drug-likeness (QED) is 0.908. The lowest BCUT2D eigenvalue weighted by molar-refractivity contribution is 0.347. The molecular formula is C16H22ClNO. The molecule has 0 unspecified atom stereocenters. The van der Waals surface area contributed by atoms with Crippen LogP contribution in [-0.4, -0.2) is 13.1 Å². The minimum Gasteiger partial charge on any atom is -0.464 e. The highest BCUT2D eigenvalue weighted by molar-refractivity contribution is 5.85. The van der Waals surface area contributed by atoms with Crippen molar-refractivity contribution in [2.24, 2.45) is 5.92 Å². The van der Waals surface area contributed by atoms with Crippen LogP contribution in [0.4, 0.5) is 0 Å². The summed E-state index contributed by atoms with van der Waals surface area (Å²) in [7, 11) is 0. The van der Waals surface area contributed by atoms with Crippen molar-refractivity contribution in [1.29, 1.82) is 0 Å². The molecular weight excluding hydrogens is 258 g/mol. The fourth-order valence-corrected chi connectivity index (χ4v) is 2.94. The highest BCUT2D eigenvalue weighted by Gasteiger charge is 2.12. The predicted molar refractivity (Wildman–Crippen MR) is 82.0 cm³/mol. The van der Waals surface area contributed by atoms with Crippen LogP contribution in [-0.2, 0) is 6.42 Å². The van der Waals surface area contributed by atoms with Crippen LogP contribution >= 0.6 is 12.4 Å². The second-order valence-electron chi connectivity index (χ2n) is 5.38. The van der Waals surface area contributed by atoms with Gasteiger partial charge >= 0.3 is 0 Å². The van der Waals surface area contributed by atoms with Gasteiger partial charge < -0.3 is 9.73 Å². The van der Waals surface area contributed by atoms with E-state index >= 15 is 0 Å². The van der Waals surface area contributed by atoms with Crippen LogP contribution in [0.1, 0.15) is 31.2 Å². The molecule has 1 aliphatic heterocycles. The maximum absolute atomic E-state index is 5.37. The van der Waals surface area contributed by atoms with Crippen molar-refractivity contribution >= 4 is 23.4 Å². The van der Waals surface area contributed by atoms with Gasteiger partial charge in [0.05, 0.1) is 6.26 Å². The van der Waals surface area contributed by atoms with E-state index in [0.717, 1.165) is 11.5 Å². The highest BCUT2D eigenvalue weighted by Crippen LogP contribution is 2.21. The van der Waals surface area contributed by atoms with Gasteiger partial charge in [-0.05, 0) is 68.5 Å². The summed E-state index contributed by atoms with van der Waals surface area (Å²) < 4.78 is 5.37. The van der Waals surface area contributed by atoms with Gasteiger partial charge in [0.2, 0.25) is 0 Å². The number of rotatable bonds is 4. The van der Waals surface area contributed by atoms with Crippen LogP contribution in [0, 0.1) is 5.92 Å². The molecule has 0 saturated carbocycles. The van der Waals surface area contributed by atoms with E-state index in [-0.39, 0.29) is 12.4 Å². The SMILES string of the molecule is Cl.c1cc2cc(CCCC3CCNCC3)ccc2o1. The van der Waals surface area contributed by atoms with Crippen molar-refractivity contribution in [3.8, 4) is 0 Å². The minimum atomic E-state index is 0. The lowest BCUT2D eigenvalue weighted by Crippen LogP contribution is -2.27. The standard InChI is InChI=1S/C16H21NO.ClH/c1(2-13-6-9-17-10-7-13)3-14-4-5-16-15(12-14)8-11-18-16;/h4-5,8,11-13,17H,1-3,6-7,9-10H2;1H. The Kier molecular flexibility index (Phi) is 5.29. The van der Waals surface area contributed by atoms with Crippen molar-refractivity contribution in [3.05, 3.63) is 36.1 Å². The van der Waals surface area contributed by atoms with Gasteiger partial charge in [0.25, 0.3) is 0 Å².